The Labute approximate surface area is 146 Å². The number of nitrogens with one attached hydrogen (secondary N) is 1. The number of hydrogen-bond donors (Lipinski definition) is 2. The molecule has 2 N–H and O–H groups in total. The molecule has 0 heterocycles. The van der Waals surface area contributed by atoms with E-state index in [4.69, 9.17) is 0 Å². The zero-order chi connectivity index (χ0) is 18.6. The van der Waals surface area contributed by atoms with Crippen LogP contribution >= 0.6 is 7.60 Å². The normalized spacial score (nSPS) is 14.9. The van der Waals surface area contributed by atoms with E-state index in [9.17, 15) is 14.3 Å². The van der Waals surface area contributed by atoms with Crippen LogP contribution in [-0.2, 0) is 13.9 Å². The summed E-state index contributed by atoms with van der Waals surface area (Å²) in [7, 11) is -2.66. The molecule has 1 amide bonds. The van der Waals surface area contributed by atoms with Crippen molar-refractivity contribution in [3.8, 4) is 0 Å². The van der Waals surface area contributed by atoms with E-state index >= 15 is 0 Å². The van der Waals surface area contributed by atoms with E-state index in [0.717, 1.165) is 32.8 Å². The smallest absolute Gasteiger partial charge is 0.337 e. The summed E-state index contributed by atoms with van der Waals surface area (Å²) in [5.41, 5.74) is 3.93. The summed E-state index contributed by atoms with van der Waals surface area (Å²) < 4.78 is 15.6. The third-order valence-electron chi connectivity index (χ3n) is 3.50. The molecule has 0 aromatic heterocycles. The standard InChI is InChI=1S/C18H32NO4P/c1-15(2)8-6-9-16(3)10-7-11-17(4)12-13-19-18(20)14-24(21,22)23-5/h8,10,12H,6-7,9,11,13-14H2,1-5H3,(H,19,20)(H,21,22). The zero-order valence-corrected chi connectivity index (χ0v) is 16.5. The second-order valence-corrected chi connectivity index (χ2v) is 8.20. The van der Waals surface area contributed by atoms with Crippen molar-refractivity contribution in [2.75, 3.05) is 19.8 Å². The lowest BCUT2D eigenvalue weighted by atomic mass is 10.1. The average molecular weight is 357 g/mol. The Balaban J connectivity index is 4.05. The van der Waals surface area contributed by atoms with Crippen molar-refractivity contribution in [3.63, 3.8) is 0 Å². The van der Waals surface area contributed by atoms with Gasteiger partial charge < -0.3 is 14.7 Å². The largest absolute Gasteiger partial charge is 0.352 e. The molecule has 0 aliphatic carbocycles. The average Bonchev–Trinajstić information content (AvgIpc) is 2.46. The van der Waals surface area contributed by atoms with E-state index in [1.807, 2.05) is 13.0 Å². The van der Waals surface area contributed by atoms with Crippen molar-refractivity contribution in [1.29, 1.82) is 0 Å². The number of rotatable bonds is 11. The van der Waals surface area contributed by atoms with E-state index in [0.29, 0.717) is 6.54 Å². The maximum atomic E-state index is 11.5. The first-order valence-corrected chi connectivity index (χ1v) is 10.0. The molecule has 0 spiro atoms. The number of amides is 1. The molecule has 1 atom stereocenters. The van der Waals surface area contributed by atoms with Gasteiger partial charge in [-0.1, -0.05) is 34.9 Å². The maximum Gasteiger partial charge on any atom is 0.337 e. The summed E-state index contributed by atoms with van der Waals surface area (Å²) in [6, 6.07) is 0. The van der Waals surface area contributed by atoms with Crippen molar-refractivity contribution in [1.82, 2.24) is 5.32 Å². The Kier molecular flexibility index (Phi) is 11.6. The van der Waals surface area contributed by atoms with E-state index in [-0.39, 0.29) is 0 Å². The van der Waals surface area contributed by atoms with Gasteiger partial charge in [0.05, 0.1) is 0 Å². The second kappa shape index (κ2) is 12.2. The molecule has 5 nitrogen and oxygen atoms in total. The summed E-state index contributed by atoms with van der Waals surface area (Å²) in [6.45, 7) is 8.75. The lowest BCUT2D eigenvalue weighted by molar-refractivity contribution is -0.118. The topological polar surface area (TPSA) is 75.6 Å². The molecular weight excluding hydrogens is 325 g/mol. The van der Waals surface area contributed by atoms with Gasteiger partial charge in [-0.2, -0.15) is 0 Å². The fourth-order valence-electron chi connectivity index (χ4n) is 1.98. The van der Waals surface area contributed by atoms with Crippen LogP contribution in [-0.4, -0.2) is 30.6 Å². The lowest BCUT2D eigenvalue weighted by Crippen LogP contribution is -2.26. The van der Waals surface area contributed by atoms with Crippen molar-refractivity contribution in [2.45, 2.75) is 53.4 Å². The molecule has 0 aliphatic rings. The quantitative estimate of drug-likeness (QED) is 0.426. The van der Waals surface area contributed by atoms with Crippen LogP contribution in [0.5, 0.6) is 0 Å². The van der Waals surface area contributed by atoms with Crippen molar-refractivity contribution in [3.05, 3.63) is 34.9 Å². The highest BCUT2D eigenvalue weighted by Crippen LogP contribution is 2.39. The monoisotopic (exact) mass is 357 g/mol. The summed E-state index contributed by atoms with van der Waals surface area (Å²) in [5.74, 6) is -0.484. The molecule has 0 aromatic carbocycles. The molecule has 24 heavy (non-hydrogen) atoms. The third kappa shape index (κ3) is 13.3. The van der Waals surface area contributed by atoms with Gasteiger partial charge in [0, 0.05) is 13.7 Å². The van der Waals surface area contributed by atoms with Crippen molar-refractivity contribution in [2.24, 2.45) is 0 Å². The molecule has 0 bridgehead atoms. The van der Waals surface area contributed by atoms with Crippen LogP contribution < -0.4 is 5.32 Å². The molecule has 0 fully saturated rings. The molecule has 0 aromatic rings. The molecule has 1 unspecified atom stereocenters. The minimum Gasteiger partial charge on any atom is -0.352 e. The van der Waals surface area contributed by atoms with Crippen molar-refractivity contribution < 1.29 is 18.8 Å². The molecule has 0 rings (SSSR count). The Hall–Kier alpha value is -1.16. The second-order valence-electron chi connectivity index (χ2n) is 6.24. The minimum absolute atomic E-state index is 0.359. The van der Waals surface area contributed by atoms with Gasteiger partial charge in [0.1, 0.15) is 6.16 Å². The van der Waals surface area contributed by atoms with Crippen LogP contribution in [0.25, 0.3) is 0 Å². The van der Waals surface area contributed by atoms with Gasteiger partial charge in [0.25, 0.3) is 0 Å². The Morgan fingerprint density at radius 1 is 1.04 bits per heavy atom. The van der Waals surface area contributed by atoms with Crippen LogP contribution in [0.1, 0.15) is 53.4 Å². The summed E-state index contributed by atoms with van der Waals surface area (Å²) in [4.78, 5) is 20.7. The first-order valence-electron chi connectivity index (χ1n) is 8.25. The Bertz CT molecular complexity index is 531. The molecule has 6 heteroatoms. The van der Waals surface area contributed by atoms with Crippen LogP contribution in [0.4, 0.5) is 0 Å². The summed E-state index contributed by atoms with van der Waals surface area (Å²) >= 11 is 0. The van der Waals surface area contributed by atoms with Gasteiger partial charge in [-0.25, -0.2) is 0 Å². The predicted octanol–water partition coefficient (Wildman–Crippen LogP) is 4.35. The maximum absolute atomic E-state index is 11.5. The number of hydrogen-bond acceptors (Lipinski definition) is 3. The van der Waals surface area contributed by atoms with Crippen LogP contribution in [0.3, 0.4) is 0 Å². The van der Waals surface area contributed by atoms with E-state index in [1.54, 1.807) is 0 Å². The van der Waals surface area contributed by atoms with E-state index in [2.05, 4.69) is 42.8 Å². The first-order chi connectivity index (χ1) is 11.2. The van der Waals surface area contributed by atoms with Crippen LogP contribution in [0.15, 0.2) is 34.9 Å². The van der Waals surface area contributed by atoms with E-state index < -0.39 is 19.7 Å². The zero-order valence-electron chi connectivity index (χ0n) is 15.6. The highest BCUT2D eigenvalue weighted by atomic mass is 31.2. The van der Waals surface area contributed by atoms with Gasteiger partial charge in [0.15, 0.2) is 0 Å². The summed E-state index contributed by atoms with van der Waals surface area (Å²) in [5, 5.41) is 2.59. The first kappa shape index (κ1) is 22.8. The van der Waals surface area contributed by atoms with Crippen molar-refractivity contribution >= 4 is 13.5 Å². The minimum atomic E-state index is -3.78. The number of carbonyl (C=O) groups is 1. The number of allylic oxidation sites excluding steroid dienone is 5. The predicted molar refractivity (Wildman–Crippen MR) is 100 cm³/mol. The van der Waals surface area contributed by atoms with E-state index in [1.165, 1.54) is 16.7 Å². The molecular formula is C18H32NO4P. The fraction of sp³-hybridized carbons (Fsp3) is 0.611. The van der Waals surface area contributed by atoms with Gasteiger partial charge >= 0.3 is 7.60 Å². The molecule has 0 saturated carbocycles. The third-order valence-corrected chi connectivity index (χ3v) is 4.76. The van der Waals surface area contributed by atoms with Gasteiger partial charge in [0.2, 0.25) is 5.91 Å². The Morgan fingerprint density at radius 3 is 2.12 bits per heavy atom. The lowest BCUT2D eigenvalue weighted by Gasteiger charge is -2.08. The van der Waals surface area contributed by atoms with Crippen LogP contribution in [0.2, 0.25) is 0 Å². The molecule has 0 saturated heterocycles. The highest BCUT2D eigenvalue weighted by Gasteiger charge is 2.21. The molecule has 0 aliphatic heterocycles. The molecule has 138 valence electrons. The van der Waals surface area contributed by atoms with Crippen LogP contribution in [0, 0.1) is 0 Å². The number of carbonyl (C=O) groups excluding carboxylic acids is 1. The van der Waals surface area contributed by atoms with Gasteiger partial charge in [-0.15, -0.1) is 0 Å². The Morgan fingerprint density at radius 2 is 1.58 bits per heavy atom. The van der Waals surface area contributed by atoms with Gasteiger partial charge in [-0.3, -0.25) is 9.36 Å². The summed E-state index contributed by atoms with van der Waals surface area (Å²) in [6.07, 6.45) is 10.0. The fourth-order valence-corrected chi connectivity index (χ4v) is 2.58. The molecule has 0 radical (unpaired) electrons. The SMILES string of the molecule is COP(=O)(O)CC(=O)NCC=C(C)CCC=C(C)CCC=C(C)C. The highest BCUT2D eigenvalue weighted by molar-refractivity contribution is 7.53. The van der Waals surface area contributed by atoms with Gasteiger partial charge in [-0.05, 0) is 53.4 Å².